The molecule has 2 atom stereocenters. The van der Waals surface area contributed by atoms with Crippen LogP contribution in [0.4, 0.5) is 0 Å². The van der Waals surface area contributed by atoms with Crippen LogP contribution in [0.3, 0.4) is 0 Å². The van der Waals surface area contributed by atoms with Crippen LogP contribution in [-0.2, 0) is 0 Å². The van der Waals surface area contributed by atoms with Gasteiger partial charge in [0.2, 0.25) is 0 Å². The van der Waals surface area contributed by atoms with E-state index in [-0.39, 0.29) is 0 Å². The lowest BCUT2D eigenvalue weighted by molar-refractivity contribution is 0.409. The van der Waals surface area contributed by atoms with E-state index in [4.69, 9.17) is 0 Å². The highest BCUT2D eigenvalue weighted by molar-refractivity contribution is 5.33. The van der Waals surface area contributed by atoms with Gasteiger partial charge < -0.3 is 10.6 Å². The van der Waals surface area contributed by atoms with Crippen molar-refractivity contribution >= 4 is 0 Å². The SMILES string of the molecule is CNC(c1ccc(C)cc1C)C1CCNC1. The van der Waals surface area contributed by atoms with Crippen molar-refractivity contribution < 1.29 is 0 Å². The lowest BCUT2D eigenvalue weighted by Gasteiger charge is -2.24. The van der Waals surface area contributed by atoms with Crippen molar-refractivity contribution in [3.63, 3.8) is 0 Å². The Morgan fingerprint density at radius 1 is 1.38 bits per heavy atom. The Balaban J connectivity index is 2.25. The average molecular weight is 218 g/mol. The number of rotatable bonds is 3. The normalized spacial score (nSPS) is 22.3. The third-order valence-electron chi connectivity index (χ3n) is 3.64. The lowest BCUT2D eigenvalue weighted by Crippen LogP contribution is -2.27. The van der Waals surface area contributed by atoms with Crippen molar-refractivity contribution in [1.29, 1.82) is 0 Å². The van der Waals surface area contributed by atoms with E-state index in [1.54, 1.807) is 0 Å². The number of benzene rings is 1. The summed E-state index contributed by atoms with van der Waals surface area (Å²) in [4.78, 5) is 0. The van der Waals surface area contributed by atoms with Crippen molar-refractivity contribution in [1.82, 2.24) is 10.6 Å². The molecule has 1 saturated heterocycles. The molecule has 0 aromatic heterocycles. The maximum Gasteiger partial charge on any atom is 0.0361 e. The van der Waals surface area contributed by atoms with Crippen LogP contribution in [0.2, 0.25) is 0 Å². The van der Waals surface area contributed by atoms with Crippen LogP contribution >= 0.6 is 0 Å². The van der Waals surface area contributed by atoms with E-state index >= 15 is 0 Å². The molecule has 0 spiro atoms. The largest absolute Gasteiger partial charge is 0.316 e. The van der Waals surface area contributed by atoms with Crippen molar-refractivity contribution in [2.75, 3.05) is 20.1 Å². The first-order valence-corrected chi connectivity index (χ1v) is 6.17. The summed E-state index contributed by atoms with van der Waals surface area (Å²) in [5, 5.41) is 6.93. The zero-order chi connectivity index (χ0) is 11.5. The highest BCUT2D eigenvalue weighted by Crippen LogP contribution is 2.28. The fourth-order valence-electron chi connectivity index (χ4n) is 2.78. The van der Waals surface area contributed by atoms with Crippen molar-refractivity contribution in [3.05, 3.63) is 34.9 Å². The molecule has 1 aromatic rings. The van der Waals surface area contributed by atoms with Gasteiger partial charge in [0.15, 0.2) is 0 Å². The smallest absolute Gasteiger partial charge is 0.0361 e. The van der Waals surface area contributed by atoms with Crippen LogP contribution in [0.1, 0.15) is 29.2 Å². The molecule has 2 nitrogen and oxygen atoms in total. The zero-order valence-electron chi connectivity index (χ0n) is 10.5. The van der Waals surface area contributed by atoms with Gasteiger partial charge in [-0.3, -0.25) is 0 Å². The third kappa shape index (κ3) is 2.28. The molecule has 0 bridgehead atoms. The molecule has 0 saturated carbocycles. The van der Waals surface area contributed by atoms with Gasteiger partial charge in [0.05, 0.1) is 0 Å². The van der Waals surface area contributed by atoms with E-state index in [9.17, 15) is 0 Å². The minimum Gasteiger partial charge on any atom is -0.316 e. The minimum absolute atomic E-state index is 0.496. The topological polar surface area (TPSA) is 24.1 Å². The molecule has 0 aliphatic carbocycles. The highest BCUT2D eigenvalue weighted by atomic mass is 15.0. The van der Waals surface area contributed by atoms with Gasteiger partial charge in [-0.15, -0.1) is 0 Å². The van der Waals surface area contributed by atoms with Gasteiger partial charge in [-0.05, 0) is 57.5 Å². The second kappa shape index (κ2) is 4.98. The second-order valence-electron chi connectivity index (χ2n) is 4.88. The molecule has 1 heterocycles. The molecule has 0 amide bonds. The summed E-state index contributed by atoms with van der Waals surface area (Å²) < 4.78 is 0. The number of hydrogen-bond acceptors (Lipinski definition) is 2. The molecule has 1 fully saturated rings. The second-order valence-corrected chi connectivity index (χ2v) is 4.88. The minimum atomic E-state index is 0.496. The number of nitrogens with one attached hydrogen (secondary N) is 2. The predicted octanol–water partition coefficient (Wildman–Crippen LogP) is 2.17. The highest BCUT2D eigenvalue weighted by Gasteiger charge is 2.25. The van der Waals surface area contributed by atoms with Gasteiger partial charge in [-0.25, -0.2) is 0 Å². The Kier molecular flexibility index (Phi) is 3.62. The van der Waals surface area contributed by atoms with Crippen LogP contribution in [-0.4, -0.2) is 20.1 Å². The molecule has 88 valence electrons. The average Bonchev–Trinajstić information content (AvgIpc) is 2.75. The Morgan fingerprint density at radius 3 is 2.75 bits per heavy atom. The molecule has 0 radical (unpaired) electrons. The van der Waals surface area contributed by atoms with E-state index in [0.29, 0.717) is 6.04 Å². The molecule has 1 aliphatic rings. The molecule has 16 heavy (non-hydrogen) atoms. The monoisotopic (exact) mass is 218 g/mol. The summed E-state index contributed by atoms with van der Waals surface area (Å²) in [6.45, 7) is 6.67. The maximum absolute atomic E-state index is 3.48. The lowest BCUT2D eigenvalue weighted by atomic mass is 9.89. The Morgan fingerprint density at radius 2 is 2.19 bits per heavy atom. The Labute approximate surface area is 98.4 Å². The maximum atomic E-state index is 3.48. The molecule has 1 aliphatic heterocycles. The summed E-state index contributed by atoms with van der Waals surface area (Å²) in [5.41, 5.74) is 4.22. The van der Waals surface area contributed by atoms with Gasteiger partial charge in [0.25, 0.3) is 0 Å². The summed E-state index contributed by atoms with van der Waals surface area (Å²) in [6.07, 6.45) is 1.28. The summed E-state index contributed by atoms with van der Waals surface area (Å²) in [7, 11) is 2.07. The van der Waals surface area contributed by atoms with Gasteiger partial charge in [-0.2, -0.15) is 0 Å². The number of hydrogen-bond donors (Lipinski definition) is 2. The van der Waals surface area contributed by atoms with Crippen molar-refractivity contribution in [3.8, 4) is 0 Å². The number of aryl methyl sites for hydroxylation is 2. The van der Waals surface area contributed by atoms with Crippen LogP contribution in [0.15, 0.2) is 18.2 Å². The van der Waals surface area contributed by atoms with Crippen LogP contribution in [0.5, 0.6) is 0 Å². The Bertz CT molecular complexity index is 354. The van der Waals surface area contributed by atoms with E-state index < -0.39 is 0 Å². The molecule has 2 rings (SSSR count). The third-order valence-corrected chi connectivity index (χ3v) is 3.64. The van der Waals surface area contributed by atoms with Crippen LogP contribution in [0.25, 0.3) is 0 Å². The molecular formula is C14H22N2. The first-order chi connectivity index (χ1) is 7.72. The quantitative estimate of drug-likeness (QED) is 0.812. The summed E-state index contributed by atoms with van der Waals surface area (Å²) in [6, 6.07) is 7.27. The van der Waals surface area contributed by atoms with Crippen LogP contribution in [0, 0.1) is 19.8 Å². The first kappa shape index (κ1) is 11.6. The van der Waals surface area contributed by atoms with Gasteiger partial charge >= 0.3 is 0 Å². The Hall–Kier alpha value is -0.860. The van der Waals surface area contributed by atoms with E-state index in [1.807, 2.05) is 0 Å². The molecule has 2 N–H and O–H groups in total. The zero-order valence-corrected chi connectivity index (χ0v) is 10.5. The fourth-order valence-corrected chi connectivity index (χ4v) is 2.78. The molecule has 2 unspecified atom stereocenters. The van der Waals surface area contributed by atoms with Crippen LogP contribution < -0.4 is 10.6 Å². The molecular weight excluding hydrogens is 196 g/mol. The molecule has 1 aromatic carbocycles. The summed E-state index contributed by atoms with van der Waals surface area (Å²) >= 11 is 0. The van der Waals surface area contributed by atoms with Gasteiger partial charge in [0, 0.05) is 6.04 Å². The fraction of sp³-hybridized carbons (Fsp3) is 0.571. The standard InChI is InChI=1S/C14H22N2/c1-10-4-5-13(11(2)8-10)14(15-3)12-6-7-16-9-12/h4-5,8,12,14-16H,6-7,9H2,1-3H3. The van der Waals surface area contributed by atoms with E-state index in [0.717, 1.165) is 19.0 Å². The molecule has 2 heteroatoms. The summed E-state index contributed by atoms with van der Waals surface area (Å²) in [5.74, 6) is 0.728. The van der Waals surface area contributed by atoms with Crippen molar-refractivity contribution in [2.24, 2.45) is 5.92 Å². The van der Waals surface area contributed by atoms with Crippen molar-refractivity contribution in [2.45, 2.75) is 26.3 Å². The van der Waals surface area contributed by atoms with E-state index in [1.165, 1.54) is 23.1 Å². The van der Waals surface area contributed by atoms with Gasteiger partial charge in [0.1, 0.15) is 0 Å². The first-order valence-electron chi connectivity index (χ1n) is 6.17. The van der Waals surface area contributed by atoms with Gasteiger partial charge in [-0.1, -0.05) is 23.8 Å². The van der Waals surface area contributed by atoms with E-state index in [2.05, 4.69) is 49.7 Å². The predicted molar refractivity (Wildman–Crippen MR) is 68.7 cm³/mol.